The van der Waals surface area contributed by atoms with Crippen molar-refractivity contribution in [3.63, 3.8) is 0 Å². The van der Waals surface area contributed by atoms with E-state index < -0.39 is 18.5 Å². The number of unbranched alkanes of at least 4 members (excludes halogenated alkanes) is 2. The number of carboxylic acids is 1. The maximum Gasteiger partial charge on any atom is 0.341 e. The van der Waals surface area contributed by atoms with Crippen molar-refractivity contribution >= 4 is 11.9 Å². The van der Waals surface area contributed by atoms with Crippen molar-refractivity contribution in [2.45, 2.75) is 58.3 Å². The number of ether oxygens (including phenoxy) is 1. The van der Waals surface area contributed by atoms with Crippen LogP contribution in [0.15, 0.2) is 48.6 Å². The highest BCUT2D eigenvalue weighted by Gasteiger charge is 2.04. The molecule has 0 saturated carbocycles. The Morgan fingerprint density at radius 2 is 1.38 bits per heavy atom. The molecule has 1 N–H and O–H groups in total. The Bertz CT molecular complexity index is 445. The molecule has 0 radical (unpaired) electrons. The molecule has 0 saturated heterocycles. The van der Waals surface area contributed by atoms with Gasteiger partial charge in [0.15, 0.2) is 6.61 Å². The summed E-state index contributed by atoms with van der Waals surface area (Å²) in [4.78, 5) is 21.4. The largest absolute Gasteiger partial charge is 0.479 e. The molecule has 4 heteroatoms. The molecule has 0 aromatic heterocycles. The maximum atomic E-state index is 11.2. The van der Waals surface area contributed by atoms with Crippen LogP contribution in [-0.4, -0.2) is 23.7 Å². The fourth-order valence-electron chi connectivity index (χ4n) is 1.84. The average molecular weight is 334 g/mol. The summed E-state index contributed by atoms with van der Waals surface area (Å²) >= 11 is 0. The standard InChI is InChI=1S/C20H30O4/c1-2-3-4-5-6-7-8-9-10-11-12-13-14-15-16-17-20(23)24-18-19(21)22/h3-4,6-7,9-10,12-13H,2,5,8,11,14-18H2,1H3,(H,21,22)/b4-3-,7-6-,10-9-,13-12-. The zero-order chi connectivity index (χ0) is 17.9. The minimum atomic E-state index is -1.12. The summed E-state index contributed by atoms with van der Waals surface area (Å²) < 4.78 is 4.55. The zero-order valence-corrected chi connectivity index (χ0v) is 14.7. The van der Waals surface area contributed by atoms with Gasteiger partial charge in [-0.15, -0.1) is 0 Å². The van der Waals surface area contributed by atoms with Crippen molar-refractivity contribution in [3.05, 3.63) is 48.6 Å². The van der Waals surface area contributed by atoms with Gasteiger partial charge in [-0.05, 0) is 44.9 Å². The summed E-state index contributed by atoms with van der Waals surface area (Å²) in [5.41, 5.74) is 0. The Kier molecular flexibility index (Phi) is 15.7. The van der Waals surface area contributed by atoms with Crippen LogP contribution < -0.4 is 0 Å². The first-order valence-electron chi connectivity index (χ1n) is 8.64. The number of aliphatic carboxylic acids is 1. The fraction of sp³-hybridized carbons (Fsp3) is 0.500. The molecule has 0 unspecified atom stereocenters. The predicted octanol–water partition coefficient (Wildman–Crippen LogP) is 4.98. The molecule has 0 fully saturated rings. The fourth-order valence-corrected chi connectivity index (χ4v) is 1.84. The quantitative estimate of drug-likeness (QED) is 0.276. The van der Waals surface area contributed by atoms with E-state index in [1.54, 1.807) is 0 Å². The second-order valence-corrected chi connectivity index (χ2v) is 5.30. The van der Waals surface area contributed by atoms with E-state index in [4.69, 9.17) is 5.11 Å². The molecule has 0 aromatic rings. The van der Waals surface area contributed by atoms with Gasteiger partial charge in [0.1, 0.15) is 0 Å². The number of carbonyl (C=O) groups is 2. The molecule has 0 aliphatic rings. The molecule has 0 aliphatic heterocycles. The van der Waals surface area contributed by atoms with E-state index in [0.29, 0.717) is 0 Å². The number of hydrogen-bond donors (Lipinski definition) is 1. The monoisotopic (exact) mass is 334 g/mol. The molecule has 4 nitrogen and oxygen atoms in total. The zero-order valence-electron chi connectivity index (χ0n) is 14.7. The molecule has 0 aromatic carbocycles. The van der Waals surface area contributed by atoms with E-state index in [0.717, 1.165) is 44.9 Å². The van der Waals surface area contributed by atoms with Crippen LogP contribution in [-0.2, 0) is 14.3 Å². The third-order valence-electron chi connectivity index (χ3n) is 3.08. The van der Waals surface area contributed by atoms with E-state index in [2.05, 4.69) is 60.3 Å². The van der Waals surface area contributed by atoms with Crippen molar-refractivity contribution in [2.24, 2.45) is 0 Å². The lowest BCUT2D eigenvalue weighted by Crippen LogP contribution is -2.12. The van der Waals surface area contributed by atoms with Gasteiger partial charge in [0.25, 0.3) is 0 Å². The summed E-state index contributed by atoms with van der Waals surface area (Å²) in [5, 5.41) is 8.37. The van der Waals surface area contributed by atoms with Crippen LogP contribution in [0.25, 0.3) is 0 Å². The first kappa shape index (κ1) is 21.9. The van der Waals surface area contributed by atoms with E-state index in [1.807, 2.05) is 0 Å². The van der Waals surface area contributed by atoms with E-state index in [1.165, 1.54) is 0 Å². The minimum Gasteiger partial charge on any atom is -0.479 e. The van der Waals surface area contributed by atoms with Crippen LogP contribution in [0.2, 0.25) is 0 Å². The normalized spacial score (nSPS) is 12.0. The second-order valence-electron chi connectivity index (χ2n) is 5.30. The average Bonchev–Trinajstić information content (AvgIpc) is 2.56. The highest BCUT2D eigenvalue weighted by molar-refractivity contribution is 5.75. The van der Waals surface area contributed by atoms with Gasteiger partial charge in [-0.3, -0.25) is 4.79 Å². The lowest BCUT2D eigenvalue weighted by Gasteiger charge is -2.00. The van der Waals surface area contributed by atoms with Gasteiger partial charge in [0.2, 0.25) is 0 Å². The summed E-state index contributed by atoms with van der Waals surface area (Å²) in [6, 6.07) is 0. The van der Waals surface area contributed by atoms with Crippen molar-refractivity contribution in [2.75, 3.05) is 6.61 Å². The molecule has 0 aliphatic carbocycles. The number of esters is 1. The summed E-state index contributed by atoms with van der Waals surface area (Å²) in [5.74, 6) is -1.56. The number of hydrogen-bond acceptors (Lipinski definition) is 3. The SMILES string of the molecule is CC/C=C\C/C=C\C/C=C\C/C=C\CCCCC(=O)OCC(=O)O. The molecule has 0 spiro atoms. The molecule has 0 atom stereocenters. The van der Waals surface area contributed by atoms with Crippen molar-refractivity contribution in [1.29, 1.82) is 0 Å². The highest BCUT2D eigenvalue weighted by atomic mass is 16.5. The van der Waals surface area contributed by atoms with Gasteiger partial charge >= 0.3 is 11.9 Å². The summed E-state index contributed by atoms with van der Waals surface area (Å²) in [6.45, 7) is 1.59. The number of carboxylic acid groups (broad SMARTS) is 1. The first-order valence-corrected chi connectivity index (χ1v) is 8.64. The van der Waals surface area contributed by atoms with Crippen LogP contribution in [0.1, 0.15) is 58.3 Å². The van der Waals surface area contributed by atoms with E-state index >= 15 is 0 Å². The van der Waals surface area contributed by atoms with Gasteiger partial charge in [-0.1, -0.05) is 55.5 Å². The molecule has 0 bridgehead atoms. The topological polar surface area (TPSA) is 63.6 Å². The highest BCUT2D eigenvalue weighted by Crippen LogP contribution is 2.03. The Balaban J connectivity index is 3.46. The molecule has 0 amide bonds. The molecular weight excluding hydrogens is 304 g/mol. The van der Waals surface area contributed by atoms with Crippen molar-refractivity contribution in [3.8, 4) is 0 Å². The number of rotatable bonds is 14. The van der Waals surface area contributed by atoms with Crippen molar-refractivity contribution in [1.82, 2.24) is 0 Å². The first-order chi connectivity index (χ1) is 11.7. The van der Waals surface area contributed by atoms with Gasteiger partial charge in [0, 0.05) is 6.42 Å². The lowest BCUT2D eigenvalue weighted by atomic mass is 10.2. The second kappa shape index (κ2) is 17.3. The van der Waals surface area contributed by atoms with Gasteiger partial charge in [-0.25, -0.2) is 4.79 Å². The van der Waals surface area contributed by atoms with Gasteiger partial charge < -0.3 is 9.84 Å². The minimum absolute atomic E-state index is 0.279. The predicted molar refractivity (Wildman–Crippen MR) is 97.8 cm³/mol. The summed E-state index contributed by atoms with van der Waals surface area (Å²) in [7, 11) is 0. The van der Waals surface area contributed by atoms with Crippen LogP contribution in [0, 0.1) is 0 Å². The van der Waals surface area contributed by atoms with E-state index in [-0.39, 0.29) is 6.42 Å². The van der Waals surface area contributed by atoms with Gasteiger partial charge in [0.05, 0.1) is 0 Å². The van der Waals surface area contributed by atoms with Crippen molar-refractivity contribution < 1.29 is 19.4 Å². The van der Waals surface area contributed by atoms with E-state index in [9.17, 15) is 9.59 Å². The van der Waals surface area contributed by atoms with Crippen LogP contribution in [0.3, 0.4) is 0 Å². The number of carbonyl (C=O) groups excluding carboxylic acids is 1. The molecule has 134 valence electrons. The van der Waals surface area contributed by atoms with Crippen LogP contribution in [0.5, 0.6) is 0 Å². The van der Waals surface area contributed by atoms with Crippen LogP contribution in [0.4, 0.5) is 0 Å². The van der Waals surface area contributed by atoms with Crippen LogP contribution >= 0.6 is 0 Å². The summed E-state index contributed by atoms with van der Waals surface area (Å²) in [6.07, 6.45) is 24.0. The third-order valence-corrected chi connectivity index (χ3v) is 3.08. The number of allylic oxidation sites excluding steroid dienone is 8. The maximum absolute atomic E-state index is 11.2. The Morgan fingerprint density at radius 3 is 1.92 bits per heavy atom. The van der Waals surface area contributed by atoms with Gasteiger partial charge in [-0.2, -0.15) is 0 Å². The Labute approximate surface area is 145 Å². The third kappa shape index (κ3) is 18.0. The molecule has 24 heavy (non-hydrogen) atoms. The Morgan fingerprint density at radius 1 is 0.833 bits per heavy atom. The molecule has 0 heterocycles. The lowest BCUT2D eigenvalue weighted by molar-refractivity contribution is -0.155. The Hall–Kier alpha value is -2.10. The smallest absolute Gasteiger partial charge is 0.341 e. The molecule has 0 rings (SSSR count). The molecular formula is C20H30O4.